The molecule has 0 radical (unpaired) electrons. The summed E-state index contributed by atoms with van der Waals surface area (Å²) in [6, 6.07) is 13.9. The van der Waals surface area contributed by atoms with Gasteiger partial charge in [0.15, 0.2) is 11.5 Å². The van der Waals surface area contributed by atoms with Gasteiger partial charge in [-0.1, -0.05) is 36.7 Å². The number of aliphatic hydroxyl groups is 1. The fourth-order valence-corrected chi connectivity index (χ4v) is 3.93. The van der Waals surface area contributed by atoms with Gasteiger partial charge in [-0.05, 0) is 49.7 Å². The maximum Gasteiger partial charge on any atom is 0.294 e. The molecule has 1 amide bonds. The van der Waals surface area contributed by atoms with Crippen LogP contribution in [0.2, 0.25) is 5.02 Å². The van der Waals surface area contributed by atoms with E-state index in [1.54, 1.807) is 31.2 Å². The number of carbonyl (C=O) groups excluding carboxylic acids is 2. The van der Waals surface area contributed by atoms with Crippen molar-refractivity contribution >= 4 is 34.7 Å². The molecule has 1 heterocycles. The van der Waals surface area contributed by atoms with Crippen LogP contribution in [0.3, 0.4) is 0 Å². The van der Waals surface area contributed by atoms with Crippen molar-refractivity contribution in [2.24, 2.45) is 0 Å². The molecule has 0 spiro atoms. The molecule has 1 aliphatic heterocycles. The van der Waals surface area contributed by atoms with Gasteiger partial charge in [0.1, 0.15) is 0 Å². The Morgan fingerprint density at radius 1 is 1.10 bits per heavy atom. The smallest absolute Gasteiger partial charge is 0.294 e. The summed E-state index contributed by atoms with van der Waals surface area (Å²) in [6.07, 6.45) is 0.199. The van der Waals surface area contributed by atoms with Crippen molar-refractivity contribution in [2.75, 3.05) is 22.9 Å². The van der Waals surface area contributed by atoms with E-state index in [0.29, 0.717) is 10.7 Å². The third-order valence-electron chi connectivity index (χ3n) is 5.25. The maximum atomic E-state index is 12.9. The minimum atomic E-state index is -0.695. The van der Waals surface area contributed by atoms with E-state index >= 15 is 0 Å². The third-order valence-corrected chi connectivity index (χ3v) is 5.49. The normalized spacial score (nSPS) is 16.5. The average molecular weight is 413 g/mol. The van der Waals surface area contributed by atoms with Crippen LogP contribution in [0.15, 0.2) is 59.9 Å². The molecule has 6 heteroatoms. The summed E-state index contributed by atoms with van der Waals surface area (Å²) in [4.78, 5) is 29.2. The van der Waals surface area contributed by atoms with Crippen LogP contribution in [0.1, 0.15) is 38.8 Å². The van der Waals surface area contributed by atoms with Crippen LogP contribution in [0.4, 0.5) is 11.4 Å². The highest BCUT2D eigenvalue weighted by Gasteiger charge is 2.43. The molecule has 2 aromatic rings. The van der Waals surface area contributed by atoms with Crippen LogP contribution >= 0.6 is 11.6 Å². The van der Waals surface area contributed by atoms with Crippen LogP contribution in [-0.4, -0.2) is 29.9 Å². The van der Waals surface area contributed by atoms with E-state index in [-0.39, 0.29) is 17.8 Å². The first-order chi connectivity index (χ1) is 13.9. The van der Waals surface area contributed by atoms with Gasteiger partial charge in [-0.3, -0.25) is 14.5 Å². The Morgan fingerprint density at radius 3 is 2.31 bits per heavy atom. The van der Waals surface area contributed by atoms with Crippen LogP contribution in [0.5, 0.6) is 0 Å². The molecule has 2 aromatic carbocycles. The first-order valence-corrected chi connectivity index (χ1v) is 10.2. The Kier molecular flexibility index (Phi) is 6.28. The number of nitrogens with zero attached hydrogens (tertiary/aromatic N) is 2. The number of Topliss-reactive ketones (excluding diaryl/α,β-unsaturated/α-hetero) is 1. The predicted molar refractivity (Wildman–Crippen MR) is 117 cm³/mol. The second kappa shape index (κ2) is 8.70. The zero-order valence-corrected chi connectivity index (χ0v) is 17.6. The Bertz CT molecular complexity index is 949. The number of rotatable bonds is 7. The molecule has 0 saturated heterocycles. The summed E-state index contributed by atoms with van der Waals surface area (Å²) in [6.45, 7) is 7.66. The van der Waals surface area contributed by atoms with E-state index in [2.05, 4.69) is 18.7 Å². The summed E-state index contributed by atoms with van der Waals surface area (Å²) in [5, 5.41) is 11.0. The quantitative estimate of drug-likeness (QED) is 0.690. The second-order valence-electron chi connectivity index (χ2n) is 6.86. The number of ketones is 1. The van der Waals surface area contributed by atoms with Crippen molar-refractivity contribution in [3.8, 4) is 0 Å². The summed E-state index contributed by atoms with van der Waals surface area (Å²) in [5.74, 6) is -1.34. The van der Waals surface area contributed by atoms with Gasteiger partial charge >= 0.3 is 0 Å². The molecule has 1 aliphatic rings. The molecule has 0 bridgehead atoms. The predicted octanol–water partition coefficient (Wildman–Crippen LogP) is 5.07. The summed E-state index contributed by atoms with van der Waals surface area (Å²) < 4.78 is 0. The van der Waals surface area contributed by atoms with Crippen molar-refractivity contribution in [3.05, 3.63) is 70.4 Å². The zero-order chi connectivity index (χ0) is 21.1. The highest BCUT2D eigenvalue weighted by atomic mass is 35.5. The van der Waals surface area contributed by atoms with Gasteiger partial charge in [0.25, 0.3) is 5.91 Å². The Balaban J connectivity index is 2.11. The Morgan fingerprint density at radius 2 is 1.76 bits per heavy atom. The van der Waals surface area contributed by atoms with Gasteiger partial charge in [0, 0.05) is 35.9 Å². The fraction of sp³-hybridized carbons (Fsp3) is 0.304. The van der Waals surface area contributed by atoms with Gasteiger partial charge < -0.3 is 10.0 Å². The van der Waals surface area contributed by atoms with Gasteiger partial charge in [-0.25, -0.2) is 0 Å². The molecule has 152 valence electrons. The molecular weight excluding hydrogens is 388 g/mol. The molecule has 1 atom stereocenters. The van der Waals surface area contributed by atoms with Gasteiger partial charge in [-0.2, -0.15) is 0 Å². The molecule has 0 fully saturated rings. The SMILES string of the molecule is CCC(=O)C1=C(O)C(=O)N(c2cccc(Cl)c2)C1c1ccc(N(CC)CC)cc1. The molecule has 29 heavy (non-hydrogen) atoms. The van der Waals surface area contributed by atoms with Crippen LogP contribution in [0.25, 0.3) is 0 Å². The summed E-state index contributed by atoms with van der Waals surface area (Å²) in [7, 11) is 0. The maximum absolute atomic E-state index is 12.9. The molecule has 1 unspecified atom stereocenters. The second-order valence-corrected chi connectivity index (χ2v) is 7.30. The molecule has 5 nitrogen and oxygen atoms in total. The van der Waals surface area contributed by atoms with E-state index in [0.717, 1.165) is 24.3 Å². The van der Waals surface area contributed by atoms with E-state index in [4.69, 9.17) is 11.6 Å². The average Bonchev–Trinajstić information content (AvgIpc) is 3.00. The lowest BCUT2D eigenvalue weighted by Gasteiger charge is -2.28. The Labute approximate surface area is 176 Å². The first-order valence-electron chi connectivity index (χ1n) is 9.83. The largest absolute Gasteiger partial charge is 0.503 e. The number of hydrogen-bond acceptors (Lipinski definition) is 4. The number of benzene rings is 2. The highest BCUT2D eigenvalue weighted by molar-refractivity contribution is 6.31. The van der Waals surface area contributed by atoms with E-state index in [9.17, 15) is 14.7 Å². The van der Waals surface area contributed by atoms with Crippen LogP contribution in [-0.2, 0) is 9.59 Å². The topological polar surface area (TPSA) is 60.9 Å². The highest BCUT2D eigenvalue weighted by Crippen LogP contribution is 2.42. The van der Waals surface area contributed by atoms with E-state index in [1.165, 1.54) is 4.90 Å². The van der Waals surface area contributed by atoms with Crippen molar-refractivity contribution < 1.29 is 14.7 Å². The van der Waals surface area contributed by atoms with Gasteiger partial charge in [-0.15, -0.1) is 0 Å². The fourth-order valence-electron chi connectivity index (χ4n) is 3.74. The number of carbonyl (C=O) groups is 2. The minimum absolute atomic E-state index is 0.132. The summed E-state index contributed by atoms with van der Waals surface area (Å²) >= 11 is 6.13. The summed E-state index contributed by atoms with van der Waals surface area (Å²) in [5.41, 5.74) is 2.49. The first kappa shape index (κ1) is 20.9. The lowest BCUT2D eigenvalue weighted by atomic mass is 9.94. The van der Waals surface area contributed by atoms with Crippen molar-refractivity contribution in [1.82, 2.24) is 0 Å². The number of amides is 1. The zero-order valence-electron chi connectivity index (χ0n) is 16.9. The number of halogens is 1. The van der Waals surface area contributed by atoms with Crippen molar-refractivity contribution in [2.45, 2.75) is 33.2 Å². The third kappa shape index (κ3) is 3.87. The molecular formula is C23H25ClN2O3. The molecule has 0 aliphatic carbocycles. The number of anilines is 2. The van der Waals surface area contributed by atoms with Crippen molar-refractivity contribution in [3.63, 3.8) is 0 Å². The molecule has 1 N–H and O–H groups in total. The minimum Gasteiger partial charge on any atom is -0.503 e. The van der Waals surface area contributed by atoms with Crippen LogP contribution in [0, 0.1) is 0 Å². The lowest BCUT2D eigenvalue weighted by Crippen LogP contribution is -2.31. The van der Waals surface area contributed by atoms with E-state index in [1.807, 2.05) is 24.3 Å². The molecule has 3 rings (SSSR count). The van der Waals surface area contributed by atoms with E-state index < -0.39 is 17.7 Å². The molecule has 0 aromatic heterocycles. The Hall–Kier alpha value is -2.79. The van der Waals surface area contributed by atoms with Crippen molar-refractivity contribution in [1.29, 1.82) is 0 Å². The number of hydrogen-bond donors (Lipinski definition) is 1. The van der Waals surface area contributed by atoms with Gasteiger partial charge in [0.05, 0.1) is 11.6 Å². The standard InChI is InChI=1S/C23H25ClN2O3/c1-4-19(27)20-21(15-10-12-17(13-11-15)25(5-2)6-3)26(23(29)22(20)28)18-9-7-8-16(24)14-18/h7-14,21,28H,4-6H2,1-3H3. The van der Waals surface area contributed by atoms with Gasteiger partial charge in [0.2, 0.25) is 0 Å². The lowest BCUT2D eigenvalue weighted by molar-refractivity contribution is -0.118. The monoisotopic (exact) mass is 412 g/mol. The molecule has 0 saturated carbocycles. The number of aliphatic hydroxyl groups excluding tert-OH is 1. The van der Waals surface area contributed by atoms with Crippen LogP contribution < -0.4 is 9.80 Å².